The molecular weight excluding hydrogens is 519 g/mol. The molecule has 0 saturated carbocycles. The van der Waals surface area contributed by atoms with Crippen LogP contribution in [0.25, 0.3) is 11.1 Å². The van der Waals surface area contributed by atoms with E-state index in [0.717, 1.165) is 52.5 Å². The van der Waals surface area contributed by atoms with Crippen LogP contribution in [0.3, 0.4) is 0 Å². The number of nitrogens with zero attached hydrogens (tertiary/aromatic N) is 3. The van der Waals surface area contributed by atoms with Crippen LogP contribution >= 0.6 is 34.5 Å². The number of carbonyl (C=O) groups excluding carboxylic acids is 3. The minimum atomic E-state index is -0.903. The zero-order valence-electron chi connectivity index (χ0n) is 19.4. The van der Waals surface area contributed by atoms with Crippen molar-refractivity contribution in [3.8, 4) is 11.1 Å². The Morgan fingerprint density at radius 3 is 2.64 bits per heavy atom. The SMILES string of the molecule is Cc1cc(/C=C2\C(=O)NC(=O)N(c3cccc(Cl)c3Cl)C2=O)c(C)n1-c1sc2c(c1C#N)CCCC2. The van der Waals surface area contributed by atoms with Crippen molar-refractivity contribution in [1.82, 2.24) is 9.88 Å². The summed E-state index contributed by atoms with van der Waals surface area (Å²) < 4.78 is 2.00. The van der Waals surface area contributed by atoms with Crippen molar-refractivity contribution in [2.45, 2.75) is 39.5 Å². The van der Waals surface area contributed by atoms with Crippen LogP contribution in [0.1, 0.15) is 45.8 Å². The number of amides is 4. The molecule has 10 heteroatoms. The van der Waals surface area contributed by atoms with Crippen LogP contribution in [0, 0.1) is 25.2 Å². The van der Waals surface area contributed by atoms with Gasteiger partial charge >= 0.3 is 6.03 Å². The van der Waals surface area contributed by atoms with Crippen molar-refractivity contribution >= 4 is 64.1 Å². The molecule has 7 nitrogen and oxygen atoms in total. The molecule has 0 bridgehead atoms. The third kappa shape index (κ3) is 3.84. The van der Waals surface area contributed by atoms with Crippen LogP contribution in [-0.4, -0.2) is 22.4 Å². The monoisotopic (exact) mass is 538 g/mol. The van der Waals surface area contributed by atoms with Gasteiger partial charge in [-0.25, -0.2) is 9.69 Å². The summed E-state index contributed by atoms with van der Waals surface area (Å²) in [7, 11) is 0. The van der Waals surface area contributed by atoms with Gasteiger partial charge in [0.1, 0.15) is 16.6 Å². The predicted molar refractivity (Wildman–Crippen MR) is 140 cm³/mol. The number of carbonyl (C=O) groups is 3. The quantitative estimate of drug-likeness (QED) is 0.332. The molecular formula is C26H20Cl2N4O3S. The second kappa shape index (κ2) is 9.25. The first kappa shape index (κ1) is 24.3. The summed E-state index contributed by atoms with van der Waals surface area (Å²) in [6.45, 7) is 3.79. The number of nitrogens with one attached hydrogen (secondary N) is 1. The van der Waals surface area contributed by atoms with Crippen molar-refractivity contribution in [2.75, 3.05) is 4.90 Å². The van der Waals surface area contributed by atoms with E-state index in [9.17, 15) is 19.6 Å². The molecule has 2 aliphatic rings. The van der Waals surface area contributed by atoms with Gasteiger partial charge in [-0.1, -0.05) is 29.3 Å². The number of urea groups is 1. The number of halogens is 2. The Kier molecular flexibility index (Phi) is 6.25. The molecule has 4 amide bonds. The molecule has 1 saturated heterocycles. The lowest BCUT2D eigenvalue weighted by atomic mass is 9.96. The number of aromatic nitrogens is 1. The van der Waals surface area contributed by atoms with E-state index < -0.39 is 17.8 Å². The van der Waals surface area contributed by atoms with E-state index >= 15 is 0 Å². The first-order valence-electron chi connectivity index (χ1n) is 11.3. The molecule has 3 heterocycles. The van der Waals surface area contributed by atoms with E-state index in [1.807, 2.05) is 24.5 Å². The number of anilines is 1. The lowest BCUT2D eigenvalue weighted by Crippen LogP contribution is -2.54. The van der Waals surface area contributed by atoms with E-state index in [-0.39, 0.29) is 21.3 Å². The van der Waals surface area contributed by atoms with Gasteiger partial charge in [-0.15, -0.1) is 11.3 Å². The van der Waals surface area contributed by atoms with Crippen LogP contribution in [-0.2, 0) is 22.4 Å². The normalized spacial score (nSPS) is 16.8. The minimum absolute atomic E-state index is 0.0280. The highest BCUT2D eigenvalue weighted by molar-refractivity contribution is 7.15. The maximum absolute atomic E-state index is 13.3. The summed E-state index contributed by atoms with van der Waals surface area (Å²) in [6.07, 6.45) is 5.52. The van der Waals surface area contributed by atoms with Crippen LogP contribution < -0.4 is 10.2 Å². The number of imide groups is 2. The van der Waals surface area contributed by atoms with Gasteiger partial charge in [0.2, 0.25) is 0 Å². The number of barbiturate groups is 1. The molecule has 0 spiro atoms. The second-order valence-electron chi connectivity index (χ2n) is 8.70. The summed E-state index contributed by atoms with van der Waals surface area (Å²) in [5, 5.41) is 13.2. The number of aryl methyl sites for hydroxylation is 2. The summed E-state index contributed by atoms with van der Waals surface area (Å²) in [5.41, 5.74) is 3.96. The number of hydrogen-bond acceptors (Lipinski definition) is 5. The second-order valence-corrected chi connectivity index (χ2v) is 10.6. The fraction of sp³-hybridized carbons (Fsp3) is 0.231. The van der Waals surface area contributed by atoms with Crippen LogP contribution in [0.4, 0.5) is 10.5 Å². The lowest BCUT2D eigenvalue weighted by Gasteiger charge is -2.27. The average molecular weight is 539 g/mol. The average Bonchev–Trinajstić information content (AvgIpc) is 3.34. The fourth-order valence-electron chi connectivity index (χ4n) is 4.77. The topological polar surface area (TPSA) is 95.2 Å². The molecule has 5 rings (SSSR count). The third-order valence-corrected chi connectivity index (χ3v) is 8.60. The predicted octanol–water partition coefficient (Wildman–Crippen LogP) is 5.88. The molecule has 3 aromatic rings. The highest BCUT2D eigenvalue weighted by atomic mass is 35.5. The first-order valence-corrected chi connectivity index (χ1v) is 12.9. The molecule has 1 fully saturated rings. The number of nitriles is 1. The fourth-order valence-corrected chi connectivity index (χ4v) is 6.60. The van der Waals surface area contributed by atoms with E-state index in [4.69, 9.17) is 23.2 Å². The third-order valence-electron chi connectivity index (χ3n) is 6.51. The van der Waals surface area contributed by atoms with Crippen LogP contribution in [0.15, 0.2) is 29.8 Å². The molecule has 1 aliphatic carbocycles. The van der Waals surface area contributed by atoms with Crippen molar-refractivity contribution in [3.05, 3.63) is 72.8 Å². The minimum Gasteiger partial charge on any atom is -0.308 e. The Morgan fingerprint density at radius 1 is 1.14 bits per heavy atom. The molecule has 2 aromatic heterocycles. The van der Waals surface area contributed by atoms with Gasteiger partial charge < -0.3 is 4.57 Å². The Balaban J connectivity index is 1.59. The van der Waals surface area contributed by atoms with Crippen molar-refractivity contribution in [1.29, 1.82) is 5.26 Å². The van der Waals surface area contributed by atoms with Gasteiger partial charge in [0.05, 0.1) is 21.3 Å². The Hall–Kier alpha value is -3.38. The van der Waals surface area contributed by atoms with E-state index in [1.165, 1.54) is 23.1 Å². The van der Waals surface area contributed by atoms with Crippen molar-refractivity contribution in [3.63, 3.8) is 0 Å². The standard InChI is InChI=1S/C26H20Cl2N4O3S/c1-13-10-15(14(2)31(13)25-18(12-29)16-6-3-4-9-21(16)36-25)11-17-23(33)30-26(35)32(24(17)34)20-8-5-7-19(27)22(20)28/h5,7-8,10-11H,3-4,6,9H2,1-2H3,(H,30,33,35)/b17-11+. The van der Waals surface area contributed by atoms with Crippen molar-refractivity contribution < 1.29 is 14.4 Å². The number of hydrogen-bond donors (Lipinski definition) is 1. The molecule has 0 atom stereocenters. The Labute approximate surface area is 221 Å². The maximum atomic E-state index is 13.3. The number of fused-ring (bicyclic) bond motifs is 1. The highest BCUT2D eigenvalue weighted by Gasteiger charge is 2.38. The molecule has 0 radical (unpaired) electrons. The summed E-state index contributed by atoms with van der Waals surface area (Å²) in [6, 6.07) is 7.92. The Morgan fingerprint density at radius 2 is 1.89 bits per heavy atom. The molecule has 1 aromatic carbocycles. The van der Waals surface area contributed by atoms with Crippen molar-refractivity contribution in [2.24, 2.45) is 0 Å². The molecule has 0 unspecified atom stereocenters. The van der Waals surface area contributed by atoms with Crippen LogP contribution in [0.5, 0.6) is 0 Å². The van der Waals surface area contributed by atoms with Gasteiger partial charge in [0.25, 0.3) is 11.8 Å². The van der Waals surface area contributed by atoms with Crippen LogP contribution in [0.2, 0.25) is 10.0 Å². The maximum Gasteiger partial charge on any atom is 0.336 e. The zero-order valence-corrected chi connectivity index (χ0v) is 21.8. The molecule has 182 valence electrons. The number of rotatable bonds is 3. The number of benzene rings is 1. The van der Waals surface area contributed by atoms with Gasteiger partial charge in [0.15, 0.2) is 0 Å². The molecule has 1 aliphatic heterocycles. The summed E-state index contributed by atoms with van der Waals surface area (Å²) >= 11 is 14.0. The zero-order chi connectivity index (χ0) is 25.7. The van der Waals surface area contributed by atoms with E-state index in [2.05, 4.69) is 11.4 Å². The van der Waals surface area contributed by atoms with Gasteiger partial charge in [0, 0.05) is 16.3 Å². The van der Waals surface area contributed by atoms with E-state index in [0.29, 0.717) is 11.1 Å². The van der Waals surface area contributed by atoms with E-state index in [1.54, 1.807) is 17.4 Å². The molecule has 36 heavy (non-hydrogen) atoms. The first-order chi connectivity index (χ1) is 17.2. The Bertz CT molecular complexity index is 1540. The lowest BCUT2D eigenvalue weighted by molar-refractivity contribution is -0.122. The van der Waals surface area contributed by atoms with Gasteiger partial charge in [-0.05, 0) is 74.9 Å². The van der Waals surface area contributed by atoms with Gasteiger partial charge in [-0.3, -0.25) is 14.9 Å². The number of thiophene rings is 1. The summed E-state index contributed by atoms with van der Waals surface area (Å²) in [4.78, 5) is 40.7. The van der Waals surface area contributed by atoms with Gasteiger partial charge in [-0.2, -0.15) is 5.26 Å². The molecule has 1 N–H and O–H groups in total. The summed E-state index contributed by atoms with van der Waals surface area (Å²) in [5.74, 6) is -1.60. The largest absolute Gasteiger partial charge is 0.336 e. The highest BCUT2D eigenvalue weighted by Crippen LogP contribution is 2.39. The smallest absolute Gasteiger partial charge is 0.308 e.